The van der Waals surface area contributed by atoms with Gasteiger partial charge in [-0.1, -0.05) is 13.8 Å². The van der Waals surface area contributed by atoms with Gasteiger partial charge in [-0.15, -0.1) is 0 Å². The second-order valence-electron chi connectivity index (χ2n) is 2.75. The molecule has 0 saturated carbocycles. The zero-order valence-corrected chi connectivity index (χ0v) is 10.3. The molecule has 0 atom stereocenters. The minimum absolute atomic E-state index is 0.772. The fraction of sp³-hybridized carbons (Fsp3) is 0.778. The van der Waals surface area contributed by atoms with Crippen LogP contribution in [0, 0.1) is 0 Å². The smallest absolute Gasteiger partial charge is 0.239 e. The van der Waals surface area contributed by atoms with Gasteiger partial charge in [0.25, 0.3) is 0 Å². The third-order valence-corrected chi connectivity index (χ3v) is 2.65. The van der Waals surface area contributed by atoms with Crippen molar-refractivity contribution >= 4 is 22.6 Å². The summed E-state index contributed by atoms with van der Waals surface area (Å²) in [6.07, 6.45) is 0. The third kappa shape index (κ3) is 3.32. The summed E-state index contributed by atoms with van der Waals surface area (Å²) in [5.74, 6) is 0.817. The maximum Gasteiger partial charge on any atom is 0.239 e. The van der Waals surface area contributed by atoms with Crippen LogP contribution in [0.5, 0.6) is 0 Å². The molecule has 0 amide bonds. The van der Waals surface area contributed by atoms with Gasteiger partial charge in [0.15, 0.2) is 0 Å². The maximum atomic E-state index is 5.24. The van der Waals surface area contributed by atoms with Crippen molar-refractivity contribution in [1.82, 2.24) is 9.36 Å². The molecule has 6 heteroatoms. The lowest BCUT2D eigenvalue weighted by molar-refractivity contribution is 0.122. The van der Waals surface area contributed by atoms with Crippen molar-refractivity contribution in [3.8, 4) is 0 Å². The molecule has 0 radical (unpaired) electrons. The lowest BCUT2D eigenvalue weighted by atomic mass is 10.4. The minimum Gasteiger partial charge on any atom is -0.378 e. The van der Waals surface area contributed by atoms with Crippen LogP contribution in [0.2, 0.25) is 0 Å². The topological polar surface area (TPSA) is 50.3 Å². The Bertz CT molecular complexity index is 273. The Labute approximate surface area is 94.6 Å². The molecule has 5 nitrogen and oxygen atoms in total. The Morgan fingerprint density at radius 3 is 2.53 bits per heavy atom. The largest absolute Gasteiger partial charge is 0.378 e. The van der Waals surface area contributed by atoms with E-state index in [2.05, 4.69) is 19.6 Å². The number of ether oxygens (including phenoxy) is 1. The van der Waals surface area contributed by atoms with Gasteiger partial charge in [0, 0.05) is 31.7 Å². The van der Waals surface area contributed by atoms with Gasteiger partial charge in [-0.2, -0.15) is 9.36 Å². The van der Waals surface area contributed by atoms with Crippen LogP contribution in [0.4, 0.5) is 11.1 Å². The average Bonchev–Trinajstić information content (AvgIpc) is 2.81. The normalized spacial score (nSPS) is 15.5. The molecule has 0 aromatic carbocycles. The van der Waals surface area contributed by atoms with Crippen molar-refractivity contribution in [1.29, 1.82) is 0 Å². The zero-order chi connectivity index (χ0) is 11.1. The van der Waals surface area contributed by atoms with Gasteiger partial charge < -0.3 is 15.0 Å². The highest BCUT2D eigenvalue weighted by Gasteiger charge is 2.15. The number of morpholine rings is 1. The van der Waals surface area contributed by atoms with E-state index >= 15 is 0 Å². The van der Waals surface area contributed by atoms with Crippen LogP contribution in [-0.4, -0.2) is 42.7 Å². The van der Waals surface area contributed by atoms with E-state index in [4.69, 9.17) is 4.74 Å². The van der Waals surface area contributed by atoms with E-state index in [1.54, 1.807) is 0 Å². The number of nitrogens with one attached hydrogen (secondary N) is 1. The lowest BCUT2D eigenvalue weighted by Crippen LogP contribution is -2.36. The predicted molar refractivity (Wildman–Crippen MR) is 63.8 cm³/mol. The molecular weight excluding hydrogens is 212 g/mol. The van der Waals surface area contributed by atoms with E-state index in [1.807, 2.05) is 20.9 Å². The van der Waals surface area contributed by atoms with Gasteiger partial charge in [-0.25, -0.2) is 0 Å². The first-order valence-corrected chi connectivity index (χ1v) is 6.01. The molecule has 86 valence electrons. The molecule has 0 aliphatic carbocycles. The number of rotatable bonds is 2. The molecule has 1 aromatic heterocycles. The van der Waals surface area contributed by atoms with E-state index in [-0.39, 0.29) is 0 Å². The molecular formula is C9H18N4OS. The maximum absolute atomic E-state index is 5.24. The van der Waals surface area contributed by atoms with E-state index in [0.717, 1.165) is 37.4 Å². The van der Waals surface area contributed by atoms with E-state index in [1.165, 1.54) is 11.5 Å². The molecule has 0 bridgehead atoms. The fourth-order valence-corrected chi connectivity index (χ4v) is 1.75. The standard InChI is InChI=1S/C7H12N4OS.C2H6/c1-8-7-9-6(10-13-7)11-2-4-12-5-3-11;1-2/h2-5H2,1H3,(H,8,9,10);1-2H3. The fourth-order valence-electron chi connectivity index (χ4n) is 1.21. The zero-order valence-electron chi connectivity index (χ0n) is 9.49. The van der Waals surface area contributed by atoms with Gasteiger partial charge in [-0.3, -0.25) is 0 Å². The summed E-state index contributed by atoms with van der Waals surface area (Å²) in [4.78, 5) is 6.46. The highest BCUT2D eigenvalue weighted by atomic mass is 32.1. The SMILES string of the molecule is CC.CNc1nc(N2CCOCC2)ns1. The highest BCUT2D eigenvalue weighted by Crippen LogP contribution is 2.17. The van der Waals surface area contributed by atoms with Gasteiger partial charge >= 0.3 is 0 Å². The summed E-state index contributed by atoms with van der Waals surface area (Å²) in [5, 5.41) is 3.84. The number of aromatic nitrogens is 2. The monoisotopic (exact) mass is 230 g/mol. The molecule has 1 aromatic rings. The number of hydrogen-bond acceptors (Lipinski definition) is 6. The van der Waals surface area contributed by atoms with Gasteiger partial charge in [0.2, 0.25) is 11.1 Å². The van der Waals surface area contributed by atoms with Crippen molar-refractivity contribution in [2.24, 2.45) is 0 Å². The molecule has 1 fully saturated rings. The van der Waals surface area contributed by atoms with E-state index < -0.39 is 0 Å². The van der Waals surface area contributed by atoms with Crippen LogP contribution < -0.4 is 10.2 Å². The molecule has 1 aliphatic rings. The predicted octanol–water partition coefficient (Wildman–Crippen LogP) is 1.44. The molecule has 1 N–H and O–H groups in total. The van der Waals surface area contributed by atoms with Gasteiger partial charge in [-0.05, 0) is 0 Å². The Hall–Kier alpha value is -0.880. The van der Waals surface area contributed by atoms with Crippen molar-refractivity contribution in [2.45, 2.75) is 13.8 Å². The van der Waals surface area contributed by atoms with Crippen LogP contribution in [0.1, 0.15) is 13.8 Å². The Morgan fingerprint density at radius 2 is 2.00 bits per heavy atom. The molecule has 15 heavy (non-hydrogen) atoms. The van der Waals surface area contributed by atoms with E-state index in [0.29, 0.717) is 0 Å². The molecule has 2 heterocycles. The molecule has 1 aliphatic heterocycles. The molecule has 1 saturated heterocycles. The second kappa shape index (κ2) is 6.58. The van der Waals surface area contributed by atoms with Crippen molar-refractivity contribution < 1.29 is 4.74 Å². The van der Waals surface area contributed by atoms with Crippen molar-refractivity contribution in [2.75, 3.05) is 43.6 Å². The van der Waals surface area contributed by atoms with Gasteiger partial charge in [0.05, 0.1) is 13.2 Å². The van der Waals surface area contributed by atoms with Crippen LogP contribution in [0.3, 0.4) is 0 Å². The second-order valence-corrected chi connectivity index (χ2v) is 3.50. The Balaban J connectivity index is 0.000000531. The summed E-state index contributed by atoms with van der Waals surface area (Å²) in [6, 6.07) is 0. The van der Waals surface area contributed by atoms with Gasteiger partial charge in [0.1, 0.15) is 0 Å². The lowest BCUT2D eigenvalue weighted by Gasteiger charge is -2.25. The summed E-state index contributed by atoms with van der Waals surface area (Å²) < 4.78 is 9.49. The molecule has 0 spiro atoms. The number of anilines is 2. The summed E-state index contributed by atoms with van der Waals surface area (Å²) in [5.41, 5.74) is 0. The highest BCUT2D eigenvalue weighted by molar-refractivity contribution is 7.09. The van der Waals surface area contributed by atoms with Crippen molar-refractivity contribution in [3.05, 3.63) is 0 Å². The van der Waals surface area contributed by atoms with Crippen molar-refractivity contribution in [3.63, 3.8) is 0 Å². The summed E-state index contributed by atoms with van der Waals surface area (Å²) in [7, 11) is 1.85. The van der Waals surface area contributed by atoms with Crippen LogP contribution in [0.25, 0.3) is 0 Å². The summed E-state index contributed by atoms with van der Waals surface area (Å²) >= 11 is 1.39. The van der Waals surface area contributed by atoms with Crippen LogP contribution >= 0.6 is 11.5 Å². The third-order valence-electron chi connectivity index (χ3n) is 1.92. The first-order valence-electron chi connectivity index (χ1n) is 5.24. The Morgan fingerprint density at radius 1 is 1.33 bits per heavy atom. The minimum atomic E-state index is 0.772. The summed E-state index contributed by atoms with van der Waals surface area (Å²) in [6.45, 7) is 7.32. The Kier molecular flexibility index (Phi) is 5.34. The van der Waals surface area contributed by atoms with Crippen LogP contribution in [-0.2, 0) is 4.74 Å². The number of hydrogen-bond donors (Lipinski definition) is 1. The molecule has 0 unspecified atom stereocenters. The quantitative estimate of drug-likeness (QED) is 0.833. The molecule has 2 rings (SSSR count). The number of nitrogens with zero attached hydrogens (tertiary/aromatic N) is 3. The first kappa shape index (κ1) is 12.2. The van der Waals surface area contributed by atoms with Crippen LogP contribution in [0.15, 0.2) is 0 Å². The first-order chi connectivity index (χ1) is 7.40. The average molecular weight is 230 g/mol. The van der Waals surface area contributed by atoms with E-state index in [9.17, 15) is 0 Å².